The Hall–Kier alpha value is -0.380. The molecular weight excluding hydrogens is 204 g/mol. The third-order valence-electron chi connectivity index (χ3n) is 2.76. The Labute approximate surface area is 98.4 Å². The molecule has 1 N–H and O–H groups in total. The average Bonchev–Trinajstić information content (AvgIpc) is 2.21. The lowest BCUT2D eigenvalue weighted by Gasteiger charge is -2.28. The van der Waals surface area contributed by atoms with Gasteiger partial charge in [0.05, 0.1) is 13.2 Å². The summed E-state index contributed by atoms with van der Waals surface area (Å²) in [7, 11) is 0. The highest BCUT2D eigenvalue weighted by molar-refractivity contribution is 4.92. The van der Waals surface area contributed by atoms with Gasteiger partial charge in [0.25, 0.3) is 0 Å². The molecule has 1 heterocycles. The lowest BCUT2D eigenvalue weighted by molar-refractivity contribution is -0.222. The Morgan fingerprint density at radius 1 is 1.38 bits per heavy atom. The molecule has 0 unspecified atom stereocenters. The van der Waals surface area contributed by atoms with Crippen LogP contribution >= 0.6 is 0 Å². The Balaban J connectivity index is 2.14. The number of aliphatic hydroxyl groups is 1. The molecule has 0 spiro atoms. The summed E-state index contributed by atoms with van der Waals surface area (Å²) in [5.74, 6) is 0.593. The zero-order chi connectivity index (χ0) is 12.0. The van der Waals surface area contributed by atoms with E-state index >= 15 is 0 Å². The van der Waals surface area contributed by atoms with Crippen molar-refractivity contribution in [3.63, 3.8) is 0 Å². The first-order valence-electron chi connectivity index (χ1n) is 6.12. The smallest absolute Gasteiger partial charge is 0.158 e. The average molecular weight is 228 g/mol. The van der Waals surface area contributed by atoms with Gasteiger partial charge in [0, 0.05) is 6.42 Å². The molecule has 0 saturated carbocycles. The molecule has 0 aromatic rings. The summed E-state index contributed by atoms with van der Waals surface area (Å²) in [6.07, 6.45) is 4.91. The first-order valence-corrected chi connectivity index (χ1v) is 6.12. The van der Waals surface area contributed by atoms with E-state index in [0.29, 0.717) is 19.1 Å². The zero-order valence-electron chi connectivity index (χ0n) is 10.6. The van der Waals surface area contributed by atoms with Gasteiger partial charge in [-0.05, 0) is 32.6 Å². The van der Waals surface area contributed by atoms with E-state index in [1.54, 1.807) is 0 Å². The molecule has 1 atom stereocenters. The summed E-state index contributed by atoms with van der Waals surface area (Å²) in [6, 6.07) is 0. The van der Waals surface area contributed by atoms with Crippen molar-refractivity contribution in [3.8, 4) is 0 Å². The number of aliphatic hydroxyl groups excluding tert-OH is 1. The van der Waals surface area contributed by atoms with E-state index in [4.69, 9.17) is 9.47 Å². The van der Waals surface area contributed by atoms with Crippen LogP contribution in [0.15, 0.2) is 11.6 Å². The number of allylic oxidation sites excluding steroid dienone is 2. The molecule has 0 aromatic carbocycles. The fourth-order valence-electron chi connectivity index (χ4n) is 1.77. The van der Waals surface area contributed by atoms with Gasteiger partial charge < -0.3 is 14.6 Å². The molecule has 0 amide bonds. The van der Waals surface area contributed by atoms with Crippen LogP contribution in [0.2, 0.25) is 0 Å². The summed E-state index contributed by atoms with van der Waals surface area (Å²) in [4.78, 5) is 0. The fourth-order valence-corrected chi connectivity index (χ4v) is 1.77. The van der Waals surface area contributed by atoms with Gasteiger partial charge in [0.1, 0.15) is 6.10 Å². The third kappa shape index (κ3) is 5.64. The standard InChI is InChI=1S/C13H24O3/c1-10(2)5-4-6-11(3)7-13-15-8-12(14)9-16-13/h5,11-14H,4,6-9H2,1-3H3/t11-,12?,13?/m1/s1. The molecular formula is C13H24O3. The van der Waals surface area contributed by atoms with Crippen molar-refractivity contribution >= 4 is 0 Å². The topological polar surface area (TPSA) is 38.7 Å². The van der Waals surface area contributed by atoms with Crippen molar-refractivity contribution < 1.29 is 14.6 Å². The van der Waals surface area contributed by atoms with Crippen LogP contribution in [0, 0.1) is 5.92 Å². The van der Waals surface area contributed by atoms with Gasteiger partial charge >= 0.3 is 0 Å². The molecule has 1 fully saturated rings. The van der Waals surface area contributed by atoms with Crippen LogP contribution in [0.25, 0.3) is 0 Å². The van der Waals surface area contributed by atoms with Gasteiger partial charge in [-0.2, -0.15) is 0 Å². The van der Waals surface area contributed by atoms with E-state index in [1.165, 1.54) is 5.57 Å². The van der Waals surface area contributed by atoms with E-state index in [1.807, 2.05) is 0 Å². The predicted octanol–water partition coefficient (Wildman–Crippen LogP) is 2.49. The number of rotatable bonds is 5. The molecule has 0 aliphatic carbocycles. The van der Waals surface area contributed by atoms with Crippen molar-refractivity contribution in [2.24, 2.45) is 5.92 Å². The van der Waals surface area contributed by atoms with Crippen LogP contribution in [0.5, 0.6) is 0 Å². The maximum absolute atomic E-state index is 9.21. The minimum absolute atomic E-state index is 0.120. The fraction of sp³-hybridized carbons (Fsp3) is 0.846. The minimum Gasteiger partial charge on any atom is -0.388 e. The Morgan fingerprint density at radius 3 is 2.56 bits per heavy atom. The van der Waals surface area contributed by atoms with Crippen molar-refractivity contribution in [1.82, 2.24) is 0 Å². The maximum atomic E-state index is 9.21. The summed E-state index contributed by atoms with van der Waals surface area (Å²) >= 11 is 0. The third-order valence-corrected chi connectivity index (χ3v) is 2.76. The largest absolute Gasteiger partial charge is 0.388 e. The van der Waals surface area contributed by atoms with Crippen molar-refractivity contribution in [2.75, 3.05) is 13.2 Å². The molecule has 1 saturated heterocycles. The first kappa shape index (κ1) is 13.7. The molecule has 1 aliphatic rings. The van der Waals surface area contributed by atoms with Gasteiger partial charge in [-0.3, -0.25) is 0 Å². The van der Waals surface area contributed by atoms with Crippen LogP contribution in [0.1, 0.15) is 40.0 Å². The van der Waals surface area contributed by atoms with Crippen molar-refractivity contribution in [3.05, 3.63) is 11.6 Å². The van der Waals surface area contributed by atoms with E-state index in [-0.39, 0.29) is 6.29 Å². The molecule has 94 valence electrons. The van der Waals surface area contributed by atoms with Gasteiger partial charge in [-0.25, -0.2) is 0 Å². The summed E-state index contributed by atoms with van der Waals surface area (Å²) in [5.41, 5.74) is 1.38. The van der Waals surface area contributed by atoms with Crippen LogP contribution in [-0.4, -0.2) is 30.7 Å². The minimum atomic E-state index is -0.447. The van der Waals surface area contributed by atoms with E-state index in [0.717, 1.165) is 19.3 Å². The highest BCUT2D eigenvalue weighted by Crippen LogP contribution is 2.19. The van der Waals surface area contributed by atoms with Gasteiger partial charge in [-0.1, -0.05) is 18.6 Å². The normalized spacial score (nSPS) is 27.5. The SMILES string of the molecule is CC(C)=CCC[C@@H](C)CC1OCC(O)CO1. The summed E-state index contributed by atoms with van der Waals surface area (Å²) in [6.45, 7) is 7.28. The zero-order valence-corrected chi connectivity index (χ0v) is 10.6. The molecule has 1 aliphatic heterocycles. The maximum Gasteiger partial charge on any atom is 0.158 e. The molecule has 3 heteroatoms. The van der Waals surface area contributed by atoms with Crippen molar-refractivity contribution in [2.45, 2.75) is 52.4 Å². The van der Waals surface area contributed by atoms with E-state index in [2.05, 4.69) is 26.8 Å². The molecule has 0 aromatic heterocycles. The van der Waals surface area contributed by atoms with E-state index in [9.17, 15) is 5.11 Å². The van der Waals surface area contributed by atoms with E-state index < -0.39 is 6.10 Å². The highest BCUT2D eigenvalue weighted by Gasteiger charge is 2.21. The van der Waals surface area contributed by atoms with Crippen molar-refractivity contribution in [1.29, 1.82) is 0 Å². The van der Waals surface area contributed by atoms with Gasteiger partial charge in [-0.15, -0.1) is 0 Å². The number of ether oxygens (including phenoxy) is 2. The van der Waals surface area contributed by atoms with Crippen LogP contribution in [-0.2, 0) is 9.47 Å². The van der Waals surface area contributed by atoms with Gasteiger partial charge in [0.2, 0.25) is 0 Å². The predicted molar refractivity (Wildman–Crippen MR) is 64.1 cm³/mol. The molecule has 1 rings (SSSR count). The molecule has 0 bridgehead atoms. The Morgan fingerprint density at radius 2 is 2.00 bits per heavy atom. The number of hydrogen-bond donors (Lipinski definition) is 1. The first-order chi connectivity index (χ1) is 7.58. The Bertz CT molecular complexity index is 213. The lowest BCUT2D eigenvalue weighted by Crippen LogP contribution is -2.36. The summed E-state index contributed by atoms with van der Waals surface area (Å²) in [5, 5.41) is 9.21. The Kier molecular flexibility index (Phi) is 6.03. The van der Waals surface area contributed by atoms with Crippen LogP contribution in [0.4, 0.5) is 0 Å². The quantitative estimate of drug-likeness (QED) is 0.735. The van der Waals surface area contributed by atoms with Crippen LogP contribution in [0.3, 0.4) is 0 Å². The second kappa shape index (κ2) is 7.05. The van der Waals surface area contributed by atoms with Gasteiger partial charge in [0.15, 0.2) is 6.29 Å². The molecule has 0 radical (unpaired) electrons. The highest BCUT2D eigenvalue weighted by atomic mass is 16.7. The number of hydrogen-bond acceptors (Lipinski definition) is 3. The summed E-state index contributed by atoms with van der Waals surface area (Å²) < 4.78 is 10.8. The van der Waals surface area contributed by atoms with Crippen LogP contribution < -0.4 is 0 Å². The molecule has 16 heavy (non-hydrogen) atoms. The monoisotopic (exact) mass is 228 g/mol. The molecule has 3 nitrogen and oxygen atoms in total. The lowest BCUT2D eigenvalue weighted by atomic mass is 10.0. The second-order valence-electron chi connectivity index (χ2n) is 4.95. The second-order valence-corrected chi connectivity index (χ2v) is 4.95.